The summed E-state index contributed by atoms with van der Waals surface area (Å²) in [5.74, 6) is -3.20. The van der Waals surface area contributed by atoms with Gasteiger partial charge in [0.25, 0.3) is 0 Å². The van der Waals surface area contributed by atoms with Crippen LogP contribution in [0.25, 0.3) is 0 Å². The third kappa shape index (κ3) is 4.17. The highest BCUT2D eigenvalue weighted by Crippen LogP contribution is 2.32. The SMILES string of the molecule is [2H]C1(c2ccc(C(C)=O)cc2)OC(N)=C(OS(=O)(=O)C([2H])([2H])c2ccccc2)C1=O. The molecular weight excluding hydrogens is 370 g/mol. The summed E-state index contributed by atoms with van der Waals surface area (Å²) in [7, 11) is -5.05. The Bertz CT molecular complexity index is 1150. The molecule has 0 spiro atoms. The number of ketones is 2. The fourth-order valence-electron chi connectivity index (χ4n) is 2.32. The summed E-state index contributed by atoms with van der Waals surface area (Å²) < 4.78 is 59.2. The molecule has 0 saturated heterocycles. The van der Waals surface area contributed by atoms with Crippen LogP contribution < -0.4 is 5.73 Å². The van der Waals surface area contributed by atoms with E-state index in [1.807, 2.05) is 0 Å². The van der Waals surface area contributed by atoms with Crippen LogP contribution in [0, 0.1) is 0 Å². The predicted molar refractivity (Wildman–Crippen MR) is 96.6 cm³/mol. The topological polar surface area (TPSA) is 113 Å². The molecule has 0 fully saturated rings. The molecule has 2 aromatic carbocycles. The van der Waals surface area contributed by atoms with E-state index >= 15 is 0 Å². The monoisotopic (exact) mass is 390 g/mol. The van der Waals surface area contributed by atoms with Gasteiger partial charge in [0.05, 0.1) is 4.11 Å². The first-order valence-electron chi connectivity index (χ1n) is 9.25. The second-order valence-corrected chi connectivity index (χ2v) is 6.87. The van der Waals surface area contributed by atoms with E-state index < -0.39 is 39.3 Å². The van der Waals surface area contributed by atoms with Crippen molar-refractivity contribution in [3.05, 3.63) is 82.9 Å². The molecule has 1 heterocycles. The third-order valence-corrected chi connectivity index (χ3v) is 4.48. The molecule has 2 N–H and O–H groups in total. The molecule has 27 heavy (non-hydrogen) atoms. The second kappa shape index (κ2) is 7.24. The van der Waals surface area contributed by atoms with Crippen molar-refractivity contribution < 1.29 is 31.0 Å². The normalized spacial score (nSPS) is 21.8. The summed E-state index contributed by atoms with van der Waals surface area (Å²) in [6.07, 6.45) is -2.44. The minimum absolute atomic E-state index is 0.0116. The minimum Gasteiger partial charge on any atom is -0.460 e. The molecule has 1 atom stereocenters. The summed E-state index contributed by atoms with van der Waals surface area (Å²) in [5.41, 5.74) is 2.71. The fraction of sp³-hybridized carbons (Fsp3) is 0.158. The highest BCUT2D eigenvalue weighted by atomic mass is 32.2. The summed E-state index contributed by atoms with van der Waals surface area (Å²) >= 11 is 0. The van der Waals surface area contributed by atoms with Gasteiger partial charge in [-0.25, -0.2) is 0 Å². The lowest BCUT2D eigenvalue weighted by atomic mass is 10.0. The van der Waals surface area contributed by atoms with E-state index in [9.17, 15) is 18.0 Å². The molecule has 8 heteroatoms. The summed E-state index contributed by atoms with van der Waals surface area (Å²) in [5, 5.41) is 0. The quantitative estimate of drug-likeness (QED) is 0.594. The van der Waals surface area contributed by atoms with Gasteiger partial charge in [-0.05, 0) is 12.5 Å². The molecule has 0 bridgehead atoms. The maximum Gasteiger partial charge on any atom is 0.313 e. The predicted octanol–water partition coefficient (Wildman–Crippen LogP) is 2.20. The van der Waals surface area contributed by atoms with Gasteiger partial charge < -0.3 is 14.7 Å². The van der Waals surface area contributed by atoms with E-state index in [-0.39, 0.29) is 16.9 Å². The number of nitrogens with two attached hydrogens (primary N) is 1. The van der Waals surface area contributed by atoms with Crippen molar-refractivity contribution in [2.45, 2.75) is 18.7 Å². The molecule has 0 saturated carbocycles. The van der Waals surface area contributed by atoms with Crippen LogP contribution in [0.3, 0.4) is 0 Å². The van der Waals surface area contributed by atoms with Crippen LogP contribution >= 0.6 is 0 Å². The van der Waals surface area contributed by atoms with Crippen molar-refractivity contribution in [1.82, 2.24) is 0 Å². The molecule has 0 aromatic heterocycles. The second-order valence-electron chi connectivity index (χ2n) is 5.59. The Morgan fingerprint density at radius 3 is 2.44 bits per heavy atom. The fourth-order valence-corrected chi connectivity index (χ4v) is 3.17. The Labute approximate surface area is 160 Å². The van der Waals surface area contributed by atoms with Gasteiger partial charge in [0.1, 0.15) is 5.70 Å². The van der Waals surface area contributed by atoms with Crippen LogP contribution in [0.15, 0.2) is 66.2 Å². The van der Waals surface area contributed by atoms with Crippen molar-refractivity contribution in [3.8, 4) is 0 Å². The zero-order chi connectivity index (χ0) is 22.3. The highest BCUT2D eigenvalue weighted by Gasteiger charge is 2.39. The Morgan fingerprint density at radius 2 is 1.85 bits per heavy atom. The molecule has 1 aliphatic rings. The van der Waals surface area contributed by atoms with Gasteiger partial charge in [-0.15, -0.1) is 0 Å². The van der Waals surface area contributed by atoms with Crippen molar-refractivity contribution >= 4 is 21.7 Å². The van der Waals surface area contributed by atoms with Gasteiger partial charge in [-0.3, -0.25) is 9.59 Å². The molecule has 3 rings (SSSR count). The lowest BCUT2D eigenvalue weighted by Gasteiger charge is -2.10. The van der Waals surface area contributed by atoms with Gasteiger partial charge in [0, 0.05) is 11.1 Å². The van der Waals surface area contributed by atoms with Gasteiger partial charge in [0.15, 0.2) is 11.9 Å². The van der Waals surface area contributed by atoms with Gasteiger partial charge >= 0.3 is 10.1 Å². The van der Waals surface area contributed by atoms with E-state index in [0.717, 1.165) is 0 Å². The van der Waals surface area contributed by atoms with Gasteiger partial charge in [0.2, 0.25) is 17.4 Å². The first-order chi connectivity index (χ1) is 13.9. The Hall–Kier alpha value is -3.13. The van der Waals surface area contributed by atoms with Gasteiger partial charge in [-0.2, -0.15) is 8.42 Å². The molecule has 0 radical (unpaired) electrons. The largest absolute Gasteiger partial charge is 0.460 e. The average molecular weight is 390 g/mol. The van der Waals surface area contributed by atoms with Crippen LogP contribution in [0.2, 0.25) is 0 Å². The minimum atomic E-state index is -5.05. The van der Waals surface area contributed by atoms with Crippen molar-refractivity contribution in [2.75, 3.05) is 0 Å². The smallest absolute Gasteiger partial charge is 0.313 e. The number of ether oxygens (including phenoxy) is 1. The number of carbonyl (C=O) groups excluding carboxylic acids is 2. The van der Waals surface area contributed by atoms with Crippen molar-refractivity contribution in [1.29, 1.82) is 0 Å². The summed E-state index contributed by atoms with van der Waals surface area (Å²) in [4.78, 5) is 24.2. The van der Waals surface area contributed by atoms with Crippen LogP contribution in [-0.4, -0.2) is 20.0 Å². The zero-order valence-electron chi connectivity index (χ0n) is 17.1. The van der Waals surface area contributed by atoms with Crippen LogP contribution in [-0.2, 0) is 29.5 Å². The molecule has 7 nitrogen and oxygen atoms in total. The standard InChI is InChI=1S/C19H17NO6S/c1-12(21)14-7-9-15(10-8-14)17-16(22)18(19(20)25-17)26-27(23,24)11-13-5-3-2-4-6-13/h2-10,17H,11,20H2,1H3/i11D2,17D. The third-order valence-electron chi connectivity index (χ3n) is 3.61. The van der Waals surface area contributed by atoms with E-state index in [2.05, 4.69) is 0 Å². The van der Waals surface area contributed by atoms with Crippen LogP contribution in [0.4, 0.5) is 0 Å². The lowest BCUT2D eigenvalue weighted by Crippen LogP contribution is -2.16. The number of hydrogen-bond donors (Lipinski definition) is 1. The highest BCUT2D eigenvalue weighted by molar-refractivity contribution is 7.86. The molecule has 140 valence electrons. The number of hydrogen-bond acceptors (Lipinski definition) is 7. The summed E-state index contributed by atoms with van der Waals surface area (Å²) in [6.45, 7) is 1.35. The lowest BCUT2D eigenvalue weighted by molar-refractivity contribution is -0.123. The molecule has 1 unspecified atom stereocenters. The maximum absolute atomic E-state index is 12.8. The van der Waals surface area contributed by atoms with Crippen LogP contribution in [0.5, 0.6) is 0 Å². The Balaban J connectivity index is 1.91. The number of carbonyl (C=O) groups is 2. The Morgan fingerprint density at radius 1 is 1.22 bits per heavy atom. The summed E-state index contributed by atoms with van der Waals surface area (Å²) in [6, 6.07) is 12.3. The number of Topliss-reactive ketones (excluding diaryl/α,β-unsaturated/α-hetero) is 2. The van der Waals surface area contributed by atoms with E-state index in [1.165, 1.54) is 55.5 Å². The van der Waals surface area contributed by atoms with Crippen molar-refractivity contribution in [2.24, 2.45) is 5.73 Å². The van der Waals surface area contributed by atoms with E-state index in [0.29, 0.717) is 5.56 Å². The first-order valence-corrected chi connectivity index (χ1v) is 9.15. The van der Waals surface area contributed by atoms with Crippen LogP contribution in [0.1, 0.15) is 38.6 Å². The van der Waals surface area contributed by atoms with Gasteiger partial charge in [-0.1, -0.05) is 54.6 Å². The zero-order valence-corrected chi connectivity index (χ0v) is 14.9. The average Bonchev–Trinajstić information content (AvgIpc) is 2.92. The number of rotatable bonds is 6. The Kier molecular flexibility index (Phi) is 4.02. The van der Waals surface area contributed by atoms with Crippen molar-refractivity contribution in [3.63, 3.8) is 0 Å². The molecular formula is C19H17NO6S. The number of benzene rings is 2. The maximum atomic E-state index is 12.8. The molecule has 2 aromatic rings. The molecule has 1 aliphatic heterocycles. The first kappa shape index (κ1) is 15.0. The molecule has 0 aliphatic carbocycles. The van der Waals surface area contributed by atoms with E-state index in [1.54, 1.807) is 6.07 Å². The molecule has 0 amide bonds. The van der Waals surface area contributed by atoms with E-state index in [4.69, 9.17) is 18.8 Å².